The van der Waals surface area contributed by atoms with Crippen LogP contribution < -0.4 is 0 Å². The van der Waals surface area contributed by atoms with Gasteiger partial charge in [-0.1, -0.05) is 26.7 Å². The molecule has 0 saturated heterocycles. The Balaban J connectivity index is 2.52. The summed E-state index contributed by atoms with van der Waals surface area (Å²) in [6, 6.07) is 7.10. The molecule has 0 bridgehead atoms. The van der Waals surface area contributed by atoms with E-state index in [-0.39, 0.29) is 0 Å². The van der Waals surface area contributed by atoms with Crippen LogP contribution in [0.3, 0.4) is 0 Å². The third kappa shape index (κ3) is 3.89. The van der Waals surface area contributed by atoms with Crippen LogP contribution in [-0.4, -0.2) is 16.8 Å². The Morgan fingerprint density at radius 3 is 2.25 bits per heavy atom. The van der Waals surface area contributed by atoms with Crippen molar-refractivity contribution in [2.75, 3.05) is 5.75 Å². The largest absolute Gasteiger partial charge is 0.478 e. The number of benzene rings is 1. The molecule has 3 heteroatoms. The van der Waals surface area contributed by atoms with Crippen LogP contribution in [0.25, 0.3) is 0 Å². The summed E-state index contributed by atoms with van der Waals surface area (Å²) in [5.41, 5.74) is 0.354. The van der Waals surface area contributed by atoms with E-state index in [0.29, 0.717) is 5.56 Å². The number of aromatic carboxylic acids is 1. The quantitative estimate of drug-likeness (QED) is 0.763. The Labute approximate surface area is 101 Å². The zero-order valence-electron chi connectivity index (χ0n) is 9.77. The molecule has 0 radical (unpaired) electrons. The van der Waals surface area contributed by atoms with E-state index in [4.69, 9.17) is 5.11 Å². The predicted molar refractivity (Wildman–Crippen MR) is 68.2 cm³/mol. The maximum Gasteiger partial charge on any atom is 0.335 e. The molecule has 0 spiro atoms. The molecule has 0 aliphatic heterocycles. The van der Waals surface area contributed by atoms with Crippen LogP contribution in [0.15, 0.2) is 29.2 Å². The summed E-state index contributed by atoms with van der Waals surface area (Å²) in [6.45, 7) is 4.42. The van der Waals surface area contributed by atoms with Crippen molar-refractivity contribution in [2.45, 2.75) is 31.6 Å². The van der Waals surface area contributed by atoms with Gasteiger partial charge in [0.25, 0.3) is 0 Å². The van der Waals surface area contributed by atoms with Gasteiger partial charge in [-0.3, -0.25) is 0 Å². The molecule has 0 aliphatic carbocycles. The number of carboxylic acid groups (broad SMARTS) is 1. The first kappa shape index (κ1) is 13.1. The zero-order chi connectivity index (χ0) is 12.0. The van der Waals surface area contributed by atoms with E-state index >= 15 is 0 Å². The van der Waals surface area contributed by atoms with Gasteiger partial charge in [-0.25, -0.2) is 4.79 Å². The maximum atomic E-state index is 10.7. The van der Waals surface area contributed by atoms with E-state index in [1.54, 1.807) is 23.9 Å². The van der Waals surface area contributed by atoms with Gasteiger partial charge in [0, 0.05) is 10.6 Å². The minimum Gasteiger partial charge on any atom is -0.478 e. The zero-order valence-corrected chi connectivity index (χ0v) is 10.6. The second-order valence-electron chi connectivity index (χ2n) is 3.82. The average molecular weight is 238 g/mol. The van der Waals surface area contributed by atoms with E-state index in [1.165, 1.54) is 12.8 Å². The molecule has 0 heterocycles. The second kappa shape index (κ2) is 6.59. The van der Waals surface area contributed by atoms with Gasteiger partial charge in [0.15, 0.2) is 0 Å². The van der Waals surface area contributed by atoms with Crippen molar-refractivity contribution in [3.8, 4) is 0 Å². The third-order valence-electron chi connectivity index (χ3n) is 2.74. The van der Waals surface area contributed by atoms with E-state index in [9.17, 15) is 4.79 Å². The molecule has 1 aromatic carbocycles. The molecule has 1 rings (SSSR count). The highest BCUT2D eigenvalue weighted by atomic mass is 32.2. The fourth-order valence-electron chi connectivity index (χ4n) is 1.43. The van der Waals surface area contributed by atoms with Crippen LogP contribution in [0.4, 0.5) is 0 Å². The molecule has 16 heavy (non-hydrogen) atoms. The molecule has 2 nitrogen and oxygen atoms in total. The minimum absolute atomic E-state index is 0.354. The Morgan fingerprint density at radius 2 is 1.81 bits per heavy atom. The standard InChI is InChI=1S/C13H18O2S/c1-3-10(4-2)9-16-12-7-5-11(6-8-12)13(14)15/h5-8,10H,3-4,9H2,1-2H3,(H,14,15). The molecule has 0 atom stereocenters. The SMILES string of the molecule is CCC(CC)CSc1ccc(C(=O)O)cc1. The summed E-state index contributed by atoms with van der Waals surface area (Å²) in [5, 5.41) is 8.76. The van der Waals surface area contributed by atoms with Crippen LogP contribution >= 0.6 is 11.8 Å². The van der Waals surface area contributed by atoms with Gasteiger partial charge in [0.1, 0.15) is 0 Å². The summed E-state index contributed by atoms with van der Waals surface area (Å²) in [6.07, 6.45) is 2.41. The van der Waals surface area contributed by atoms with Crippen molar-refractivity contribution < 1.29 is 9.90 Å². The molecule has 0 aromatic heterocycles. The van der Waals surface area contributed by atoms with Crippen LogP contribution in [0.1, 0.15) is 37.0 Å². The highest BCUT2D eigenvalue weighted by Gasteiger charge is 2.05. The van der Waals surface area contributed by atoms with Gasteiger partial charge in [0.05, 0.1) is 5.56 Å². The molecular weight excluding hydrogens is 220 g/mol. The van der Waals surface area contributed by atoms with Gasteiger partial charge in [-0.05, 0) is 30.2 Å². The first-order valence-electron chi connectivity index (χ1n) is 5.63. The summed E-state index contributed by atoms with van der Waals surface area (Å²) < 4.78 is 0. The fourth-order valence-corrected chi connectivity index (χ4v) is 2.66. The van der Waals surface area contributed by atoms with Crippen molar-refractivity contribution in [3.63, 3.8) is 0 Å². The molecule has 1 aromatic rings. The average Bonchev–Trinajstić information content (AvgIpc) is 2.31. The van der Waals surface area contributed by atoms with Gasteiger partial charge in [-0.2, -0.15) is 0 Å². The number of thioether (sulfide) groups is 1. The fraction of sp³-hybridized carbons (Fsp3) is 0.462. The molecule has 0 saturated carbocycles. The van der Waals surface area contributed by atoms with Crippen LogP contribution in [0.2, 0.25) is 0 Å². The number of hydrogen-bond donors (Lipinski definition) is 1. The number of carboxylic acids is 1. The van der Waals surface area contributed by atoms with Crippen molar-refractivity contribution >= 4 is 17.7 Å². The van der Waals surface area contributed by atoms with Crippen molar-refractivity contribution in [1.82, 2.24) is 0 Å². The Hall–Kier alpha value is -0.960. The second-order valence-corrected chi connectivity index (χ2v) is 4.92. The highest BCUT2D eigenvalue weighted by Crippen LogP contribution is 2.23. The van der Waals surface area contributed by atoms with Crippen LogP contribution in [-0.2, 0) is 0 Å². The van der Waals surface area contributed by atoms with Crippen LogP contribution in [0.5, 0.6) is 0 Å². The first-order chi connectivity index (χ1) is 7.67. The van der Waals surface area contributed by atoms with Crippen molar-refractivity contribution in [2.24, 2.45) is 5.92 Å². The van der Waals surface area contributed by atoms with E-state index in [0.717, 1.165) is 16.6 Å². The molecule has 1 N–H and O–H groups in total. The van der Waals surface area contributed by atoms with Crippen molar-refractivity contribution in [1.29, 1.82) is 0 Å². The van der Waals surface area contributed by atoms with Crippen molar-refractivity contribution in [3.05, 3.63) is 29.8 Å². The van der Waals surface area contributed by atoms with E-state index < -0.39 is 5.97 Å². The monoisotopic (exact) mass is 238 g/mol. The summed E-state index contributed by atoms with van der Waals surface area (Å²) in [5.74, 6) is 1.00. The third-order valence-corrected chi connectivity index (χ3v) is 3.99. The molecule has 0 fully saturated rings. The number of hydrogen-bond acceptors (Lipinski definition) is 2. The normalized spacial score (nSPS) is 10.7. The Bertz CT molecular complexity index is 328. The summed E-state index contributed by atoms with van der Waals surface area (Å²) in [4.78, 5) is 11.8. The Morgan fingerprint density at radius 1 is 1.25 bits per heavy atom. The number of rotatable bonds is 6. The molecule has 0 unspecified atom stereocenters. The minimum atomic E-state index is -0.864. The van der Waals surface area contributed by atoms with E-state index in [2.05, 4.69) is 13.8 Å². The lowest BCUT2D eigenvalue weighted by Crippen LogP contribution is -2.00. The molecular formula is C13H18O2S. The summed E-state index contributed by atoms with van der Waals surface area (Å²) in [7, 11) is 0. The molecule has 0 aliphatic rings. The lowest BCUT2D eigenvalue weighted by Gasteiger charge is -2.11. The van der Waals surface area contributed by atoms with Gasteiger partial charge < -0.3 is 5.11 Å². The van der Waals surface area contributed by atoms with Gasteiger partial charge in [-0.15, -0.1) is 11.8 Å². The lowest BCUT2D eigenvalue weighted by molar-refractivity contribution is 0.0697. The highest BCUT2D eigenvalue weighted by molar-refractivity contribution is 7.99. The first-order valence-corrected chi connectivity index (χ1v) is 6.62. The Kier molecular flexibility index (Phi) is 5.39. The number of carbonyl (C=O) groups is 1. The van der Waals surface area contributed by atoms with Gasteiger partial charge >= 0.3 is 5.97 Å². The maximum absolute atomic E-state index is 10.7. The van der Waals surface area contributed by atoms with Gasteiger partial charge in [0.2, 0.25) is 0 Å². The predicted octanol–water partition coefficient (Wildman–Crippen LogP) is 3.91. The molecule has 88 valence electrons. The summed E-state index contributed by atoms with van der Waals surface area (Å²) >= 11 is 1.81. The lowest BCUT2D eigenvalue weighted by atomic mass is 10.1. The molecule has 0 amide bonds. The topological polar surface area (TPSA) is 37.3 Å². The van der Waals surface area contributed by atoms with E-state index in [1.807, 2.05) is 12.1 Å². The smallest absolute Gasteiger partial charge is 0.335 e. The van der Waals surface area contributed by atoms with Crippen LogP contribution in [0, 0.1) is 5.92 Å².